The molecule has 1 unspecified atom stereocenters. The summed E-state index contributed by atoms with van der Waals surface area (Å²) in [5.41, 5.74) is 2.72. The number of esters is 1. The summed E-state index contributed by atoms with van der Waals surface area (Å²) < 4.78 is 9.97. The number of benzene rings is 1. The molecule has 1 atom stereocenters. The molecule has 2 heterocycles. The second-order valence-corrected chi connectivity index (χ2v) is 6.56. The Morgan fingerprint density at radius 1 is 1.14 bits per heavy atom. The monoisotopic (exact) mass is 394 g/mol. The molecule has 0 aliphatic carbocycles. The average Bonchev–Trinajstić information content (AvgIpc) is 3.22. The van der Waals surface area contributed by atoms with Gasteiger partial charge in [-0.05, 0) is 24.6 Å². The van der Waals surface area contributed by atoms with Crippen LogP contribution in [0.1, 0.15) is 35.9 Å². The van der Waals surface area contributed by atoms with E-state index in [1.54, 1.807) is 24.5 Å². The molecule has 0 aliphatic heterocycles. The molecular weight excluding hydrogens is 372 g/mol. The van der Waals surface area contributed by atoms with Gasteiger partial charge in [-0.25, -0.2) is 0 Å². The molecule has 8 nitrogen and oxygen atoms in total. The standard InChI is InChI=1S/C21H22N4O4/c1-14-3-5-15(6-4-14)17(13-20(27)28-2)23-18(26)7-8-19-24-21(25-29-19)16-9-11-22-12-10-16/h3-6,9-12,17H,7-8,13H2,1-2H3,(H,23,26). The predicted molar refractivity (Wildman–Crippen MR) is 105 cm³/mol. The van der Waals surface area contributed by atoms with E-state index in [0.29, 0.717) is 18.1 Å². The molecule has 0 aliphatic rings. The minimum absolute atomic E-state index is 0.0536. The molecule has 0 bridgehead atoms. The maximum Gasteiger partial charge on any atom is 0.307 e. The summed E-state index contributed by atoms with van der Waals surface area (Å²) in [5, 5.41) is 6.81. The Morgan fingerprint density at radius 3 is 2.55 bits per heavy atom. The van der Waals surface area contributed by atoms with Gasteiger partial charge in [0, 0.05) is 30.8 Å². The summed E-state index contributed by atoms with van der Waals surface area (Å²) in [4.78, 5) is 32.5. The van der Waals surface area contributed by atoms with Crippen molar-refractivity contribution in [3.63, 3.8) is 0 Å². The molecule has 0 spiro atoms. The first-order valence-corrected chi connectivity index (χ1v) is 9.21. The number of nitrogens with zero attached hydrogens (tertiary/aromatic N) is 3. The van der Waals surface area contributed by atoms with Gasteiger partial charge in [0.2, 0.25) is 17.6 Å². The molecule has 2 aromatic heterocycles. The number of rotatable bonds is 8. The van der Waals surface area contributed by atoms with Gasteiger partial charge in [0.15, 0.2) is 0 Å². The zero-order valence-electron chi connectivity index (χ0n) is 16.3. The molecule has 150 valence electrons. The van der Waals surface area contributed by atoms with Crippen molar-refractivity contribution in [3.8, 4) is 11.4 Å². The van der Waals surface area contributed by atoms with Crippen molar-refractivity contribution >= 4 is 11.9 Å². The van der Waals surface area contributed by atoms with Crippen molar-refractivity contribution in [1.29, 1.82) is 0 Å². The number of methoxy groups -OCH3 is 1. The van der Waals surface area contributed by atoms with Crippen LogP contribution < -0.4 is 5.32 Å². The molecule has 29 heavy (non-hydrogen) atoms. The summed E-state index contributed by atoms with van der Waals surface area (Å²) >= 11 is 0. The van der Waals surface area contributed by atoms with Gasteiger partial charge in [0.05, 0.1) is 19.6 Å². The minimum Gasteiger partial charge on any atom is -0.469 e. The van der Waals surface area contributed by atoms with E-state index in [0.717, 1.165) is 16.7 Å². The van der Waals surface area contributed by atoms with Gasteiger partial charge in [0.1, 0.15) is 0 Å². The molecule has 0 fully saturated rings. The third-order valence-electron chi connectivity index (χ3n) is 4.39. The summed E-state index contributed by atoms with van der Waals surface area (Å²) in [7, 11) is 1.33. The van der Waals surface area contributed by atoms with Crippen LogP contribution in [0, 0.1) is 6.92 Å². The van der Waals surface area contributed by atoms with E-state index in [1.165, 1.54) is 7.11 Å². The van der Waals surface area contributed by atoms with Crippen LogP contribution >= 0.6 is 0 Å². The third kappa shape index (κ3) is 5.71. The lowest BCUT2D eigenvalue weighted by Crippen LogP contribution is -2.30. The van der Waals surface area contributed by atoms with E-state index in [4.69, 9.17) is 9.26 Å². The number of carbonyl (C=O) groups excluding carboxylic acids is 2. The highest BCUT2D eigenvalue weighted by Crippen LogP contribution is 2.19. The highest BCUT2D eigenvalue weighted by Gasteiger charge is 2.19. The molecule has 0 saturated heterocycles. The van der Waals surface area contributed by atoms with E-state index >= 15 is 0 Å². The van der Waals surface area contributed by atoms with Crippen molar-refractivity contribution < 1.29 is 18.8 Å². The smallest absolute Gasteiger partial charge is 0.307 e. The molecule has 3 rings (SSSR count). The van der Waals surface area contributed by atoms with Crippen molar-refractivity contribution in [2.75, 3.05) is 7.11 Å². The highest BCUT2D eigenvalue weighted by molar-refractivity contribution is 5.78. The van der Waals surface area contributed by atoms with Crippen LogP contribution in [-0.4, -0.2) is 34.1 Å². The largest absolute Gasteiger partial charge is 0.469 e. The Hall–Kier alpha value is -3.55. The van der Waals surface area contributed by atoms with Crippen molar-refractivity contribution in [2.24, 2.45) is 0 Å². The second kappa shape index (κ2) is 9.59. The van der Waals surface area contributed by atoms with Crippen LogP contribution in [-0.2, 0) is 20.7 Å². The lowest BCUT2D eigenvalue weighted by molar-refractivity contribution is -0.141. The highest BCUT2D eigenvalue weighted by atomic mass is 16.5. The first-order chi connectivity index (χ1) is 14.0. The average molecular weight is 394 g/mol. The summed E-state index contributed by atoms with van der Waals surface area (Å²) in [6, 6.07) is 10.7. The Bertz CT molecular complexity index is 954. The van der Waals surface area contributed by atoms with E-state index in [9.17, 15) is 9.59 Å². The molecular formula is C21H22N4O4. The first kappa shape index (κ1) is 20.2. The number of pyridine rings is 1. The van der Waals surface area contributed by atoms with E-state index < -0.39 is 12.0 Å². The van der Waals surface area contributed by atoms with Crippen LogP contribution in [0.25, 0.3) is 11.4 Å². The lowest BCUT2D eigenvalue weighted by Gasteiger charge is -2.18. The number of hydrogen-bond acceptors (Lipinski definition) is 7. The van der Waals surface area contributed by atoms with Gasteiger partial charge in [-0.15, -0.1) is 0 Å². The fraction of sp³-hybridized carbons (Fsp3) is 0.286. The number of amides is 1. The van der Waals surface area contributed by atoms with Gasteiger partial charge in [0.25, 0.3) is 0 Å². The van der Waals surface area contributed by atoms with E-state index in [2.05, 4.69) is 20.4 Å². The van der Waals surface area contributed by atoms with E-state index in [-0.39, 0.29) is 18.7 Å². The topological polar surface area (TPSA) is 107 Å². The lowest BCUT2D eigenvalue weighted by atomic mass is 10.0. The van der Waals surface area contributed by atoms with Gasteiger partial charge in [-0.1, -0.05) is 35.0 Å². The molecule has 1 aromatic carbocycles. The van der Waals surface area contributed by atoms with Gasteiger partial charge in [-0.2, -0.15) is 4.98 Å². The number of ether oxygens (including phenoxy) is 1. The summed E-state index contributed by atoms with van der Waals surface area (Å²) in [6.45, 7) is 1.97. The van der Waals surface area contributed by atoms with E-state index in [1.807, 2.05) is 31.2 Å². The van der Waals surface area contributed by atoms with Crippen molar-refractivity contribution in [2.45, 2.75) is 32.2 Å². The van der Waals surface area contributed by atoms with Crippen molar-refractivity contribution in [1.82, 2.24) is 20.4 Å². The molecule has 0 saturated carbocycles. The quantitative estimate of drug-likeness (QED) is 0.585. The molecule has 8 heteroatoms. The number of carbonyl (C=O) groups is 2. The summed E-state index contributed by atoms with van der Waals surface area (Å²) in [6.07, 6.45) is 3.79. The van der Waals surface area contributed by atoms with Crippen LogP contribution in [0.5, 0.6) is 0 Å². The number of aryl methyl sites for hydroxylation is 2. The fourth-order valence-electron chi connectivity index (χ4n) is 2.76. The normalized spacial score (nSPS) is 11.7. The zero-order valence-corrected chi connectivity index (χ0v) is 16.3. The Labute approximate surface area is 168 Å². The minimum atomic E-state index is -0.467. The summed E-state index contributed by atoms with van der Waals surface area (Å²) in [5.74, 6) is 0.204. The van der Waals surface area contributed by atoms with Gasteiger partial charge >= 0.3 is 5.97 Å². The molecule has 0 radical (unpaired) electrons. The van der Waals surface area contributed by atoms with Crippen LogP contribution in [0.2, 0.25) is 0 Å². The maximum absolute atomic E-state index is 12.5. The molecule has 1 N–H and O–H groups in total. The van der Waals surface area contributed by atoms with Crippen LogP contribution in [0.4, 0.5) is 0 Å². The third-order valence-corrected chi connectivity index (χ3v) is 4.39. The zero-order chi connectivity index (χ0) is 20.6. The molecule has 3 aromatic rings. The van der Waals surface area contributed by atoms with Crippen LogP contribution in [0.15, 0.2) is 53.3 Å². The Morgan fingerprint density at radius 2 is 1.86 bits per heavy atom. The van der Waals surface area contributed by atoms with Gasteiger partial charge < -0.3 is 14.6 Å². The molecule has 1 amide bonds. The SMILES string of the molecule is COC(=O)CC(NC(=O)CCc1nc(-c2ccncc2)no1)c1ccc(C)cc1. The number of hydrogen-bond donors (Lipinski definition) is 1. The number of nitrogens with one attached hydrogen (secondary N) is 1. The second-order valence-electron chi connectivity index (χ2n) is 6.56. The fourth-order valence-corrected chi connectivity index (χ4v) is 2.76. The Kier molecular flexibility index (Phi) is 6.67. The Balaban J connectivity index is 1.60. The predicted octanol–water partition coefficient (Wildman–Crippen LogP) is 2.79. The number of aromatic nitrogens is 3. The first-order valence-electron chi connectivity index (χ1n) is 9.21. The maximum atomic E-state index is 12.5. The van der Waals surface area contributed by atoms with Crippen LogP contribution in [0.3, 0.4) is 0 Å². The van der Waals surface area contributed by atoms with Crippen molar-refractivity contribution in [3.05, 3.63) is 65.8 Å². The van der Waals surface area contributed by atoms with Gasteiger partial charge in [-0.3, -0.25) is 14.6 Å².